The van der Waals surface area contributed by atoms with Crippen LogP contribution in [0.1, 0.15) is 23.8 Å². The van der Waals surface area contributed by atoms with Crippen LogP contribution in [0.3, 0.4) is 0 Å². The zero-order chi connectivity index (χ0) is 21.7. The second-order valence-corrected chi connectivity index (χ2v) is 8.55. The lowest BCUT2D eigenvalue weighted by Crippen LogP contribution is -2.33. The van der Waals surface area contributed by atoms with E-state index in [1.807, 2.05) is 78.2 Å². The van der Waals surface area contributed by atoms with Gasteiger partial charge in [0.1, 0.15) is 5.15 Å². The van der Waals surface area contributed by atoms with Gasteiger partial charge in [-0.25, -0.2) is 4.98 Å². The number of nitrogens with zero attached hydrogens (tertiary/aromatic N) is 3. The lowest BCUT2D eigenvalue weighted by molar-refractivity contribution is 0.129. The van der Waals surface area contributed by atoms with Gasteiger partial charge in [0.05, 0.1) is 24.1 Å². The van der Waals surface area contributed by atoms with Crippen molar-refractivity contribution in [2.45, 2.75) is 25.1 Å². The Morgan fingerprint density at radius 3 is 2.40 bits per heavy atom. The highest BCUT2D eigenvalue weighted by Gasteiger charge is 2.20. The van der Waals surface area contributed by atoms with E-state index in [4.69, 9.17) is 16.6 Å². The van der Waals surface area contributed by atoms with Crippen LogP contribution in [0.5, 0.6) is 0 Å². The molecule has 0 saturated heterocycles. The van der Waals surface area contributed by atoms with Gasteiger partial charge in [-0.1, -0.05) is 57.9 Å². The van der Waals surface area contributed by atoms with E-state index in [2.05, 4.69) is 21.2 Å². The molecule has 6 nitrogen and oxygen atoms in total. The van der Waals surface area contributed by atoms with Gasteiger partial charge in [-0.15, -0.1) is 0 Å². The van der Waals surface area contributed by atoms with E-state index in [0.29, 0.717) is 29.8 Å². The fraction of sp³-hybridized carbons (Fsp3) is 0.318. The third-order valence-corrected chi connectivity index (χ3v) is 5.74. The fourth-order valence-electron chi connectivity index (χ4n) is 3.21. The number of aliphatic hydroxyl groups is 2. The van der Waals surface area contributed by atoms with E-state index < -0.39 is 6.10 Å². The number of anilines is 1. The Bertz CT molecular complexity index is 948. The lowest BCUT2D eigenvalue weighted by atomic mass is 10.0. The molecular formula is C22H26BrClN4O2. The van der Waals surface area contributed by atoms with Crippen LogP contribution in [0, 0.1) is 0 Å². The number of hydrogen-bond donors (Lipinski definition) is 3. The van der Waals surface area contributed by atoms with Crippen molar-refractivity contribution in [1.29, 1.82) is 0 Å². The summed E-state index contributed by atoms with van der Waals surface area (Å²) in [4.78, 5) is 6.59. The van der Waals surface area contributed by atoms with Crippen molar-refractivity contribution in [2.75, 3.05) is 25.6 Å². The molecule has 2 unspecified atom stereocenters. The molecule has 3 rings (SSSR count). The molecule has 8 heteroatoms. The first-order valence-electron chi connectivity index (χ1n) is 9.68. The maximum Gasteiger partial charge on any atom is 0.211 e. The molecule has 0 bridgehead atoms. The second kappa shape index (κ2) is 10.4. The predicted octanol–water partition coefficient (Wildman–Crippen LogP) is 3.93. The summed E-state index contributed by atoms with van der Waals surface area (Å²) < 4.78 is 2.87. The maximum atomic E-state index is 10.5. The van der Waals surface area contributed by atoms with Crippen molar-refractivity contribution in [3.05, 3.63) is 75.5 Å². The number of halogens is 2. The van der Waals surface area contributed by atoms with Crippen LogP contribution in [-0.2, 0) is 6.54 Å². The summed E-state index contributed by atoms with van der Waals surface area (Å²) in [5, 5.41) is 24.0. The Morgan fingerprint density at radius 1 is 1.13 bits per heavy atom. The minimum atomic E-state index is -0.663. The van der Waals surface area contributed by atoms with E-state index in [9.17, 15) is 10.2 Å². The molecule has 160 valence electrons. The van der Waals surface area contributed by atoms with Gasteiger partial charge in [-0.3, -0.25) is 4.57 Å². The van der Waals surface area contributed by atoms with Crippen LogP contribution in [0.15, 0.2) is 59.1 Å². The third-order valence-electron chi connectivity index (χ3n) is 4.82. The van der Waals surface area contributed by atoms with Crippen molar-refractivity contribution in [2.24, 2.45) is 0 Å². The van der Waals surface area contributed by atoms with Gasteiger partial charge >= 0.3 is 0 Å². The SMILES string of the molecule is CN(C)c1nc(CNC(CO)CC(O)c2ccccc2)c(Cl)n1-c1ccc(Br)cc1. The summed E-state index contributed by atoms with van der Waals surface area (Å²) in [5.41, 5.74) is 2.41. The minimum absolute atomic E-state index is 0.102. The molecular weight excluding hydrogens is 468 g/mol. The number of imidazole rings is 1. The van der Waals surface area contributed by atoms with Gasteiger partial charge < -0.3 is 20.4 Å². The minimum Gasteiger partial charge on any atom is -0.395 e. The van der Waals surface area contributed by atoms with Crippen molar-refractivity contribution in [3.63, 3.8) is 0 Å². The van der Waals surface area contributed by atoms with Gasteiger partial charge in [-0.05, 0) is 36.2 Å². The van der Waals surface area contributed by atoms with Gasteiger partial charge in [0.2, 0.25) is 5.95 Å². The lowest BCUT2D eigenvalue weighted by Gasteiger charge is -2.19. The number of aromatic nitrogens is 2. The van der Waals surface area contributed by atoms with E-state index in [-0.39, 0.29) is 12.6 Å². The van der Waals surface area contributed by atoms with Crippen LogP contribution in [-0.4, -0.2) is 46.5 Å². The molecule has 1 aromatic heterocycles. The van der Waals surface area contributed by atoms with E-state index in [1.54, 1.807) is 0 Å². The zero-order valence-corrected chi connectivity index (χ0v) is 19.3. The van der Waals surface area contributed by atoms with Gasteiger partial charge in [-0.2, -0.15) is 0 Å². The molecule has 0 radical (unpaired) electrons. The summed E-state index contributed by atoms with van der Waals surface area (Å²) in [6.45, 7) is 0.269. The fourth-order valence-corrected chi connectivity index (χ4v) is 3.76. The van der Waals surface area contributed by atoms with Crippen molar-refractivity contribution in [1.82, 2.24) is 14.9 Å². The van der Waals surface area contributed by atoms with Crippen LogP contribution >= 0.6 is 27.5 Å². The molecule has 0 spiro atoms. The van der Waals surface area contributed by atoms with E-state index >= 15 is 0 Å². The number of benzene rings is 2. The standard InChI is InChI=1S/C22H26BrClN4O2/c1-27(2)22-26-19(21(24)28(22)18-10-8-16(23)9-11-18)13-25-17(14-29)12-20(30)15-6-4-3-5-7-15/h3-11,17,20,25,29-30H,12-14H2,1-2H3. The van der Waals surface area contributed by atoms with Gasteiger partial charge in [0.15, 0.2) is 0 Å². The Balaban J connectivity index is 1.75. The largest absolute Gasteiger partial charge is 0.395 e. The Morgan fingerprint density at radius 2 is 1.80 bits per heavy atom. The summed E-state index contributed by atoms with van der Waals surface area (Å²) in [6, 6.07) is 17.0. The third kappa shape index (κ3) is 5.42. The molecule has 0 saturated carbocycles. The highest BCUT2D eigenvalue weighted by molar-refractivity contribution is 9.10. The molecule has 0 aliphatic rings. The smallest absolute Gasteiger partial charge is 0.211 e. The first-order chi connectivity index (χ1) is 14.4. The highest BCUT2D eigenvalue weighted by Crippen LogP contribution is 2.29. The first-order valence-corrected chi connectivity index (χ1v) is 10.9. The first kappa shape index (κ1) is 22.8. The normalized spacial score (nSPS) is 13.3. The van der Waals surface area contributed by atoms with Gasteiger partial charge in [0.25, 0.3) is 0 Å². The Kier molecular flexibility index (Phi) is 7.91. The number of rotatable bonds is 9. The quantitative estimate of drug-likeness (QED) is 0.421. The van der Waals surface area contributed by atoms with Crippen LogP contribution in [0.25, 0.3) is 5.69 Å². The van der Waals surface area contributed by atoms with Crippen LogP contribution in [0.2, 0.25) is 5.15 Å². The summed E-state index contributed by atoms with van der Waals surface area (Å²) in [6.07, 6.45) is -0.282. The number of aliphatic hydroxyl groups excluding tert-OH is 2. The molecule has 3 aromatic rings. The van der Waals surface area contributed by atoms with Crippen LogP contribution < -0.4 is 10.2 Å². The van der Waals surface area contributed by atoms with Crippen molar-refractivity contribution < 1.29 is 10.2 Å². The average Bonchev–Trinajstić information content (AvgIpc) is 3.08. The van der Waals surface area contributed by atoms with Crippen molar-refractivity contribution >= 4 is 33.5 Å². The maximum absolute atomic E-state index is 10.5. The molecule has 0 aliphatic carbocycles. The highest BCUT2D eigenvalue weighted by atomic mass is 79.9. The summed E-state index contributed by atoms with van der Waals surface area (Å²) >= 11 is 10.1. The second-order valence-electron chi connectivity index (χ2n) is 7.28. The Hall–Kier alpha value is -1.90. The molecule has 2 aromatic carbocycles. The number of nitrogens with one attached hydrogen (secondary N) is 1. The summed E-state index contributed by atoms with van der Waals surface area (Å²) in [5.74, 6) is 0.712. The Labute approximate surface area is 190 Å². The topological polar surface area (TPSA) is 73.6 Å². The molecule has 0 amide bonds. The summed E-state index contributed by atoms with van der Waals surface area (Å²) in [7, 11) is 3.83. The molecule has 2 atom stereocenters. The average molecular weight is 494 g/mol. The molecule has 1 heterocycles. The molecule has 0 aliphatic heterocycles. The van der Waals surface area contributed by atoms with Gasteiger partial charge in [0, 0.05) is 31.2 Å². The van der Waals surface area contributed by atoms with E-state index in [1.165, 1.54) is 0 Å². The van der Waals surface area contributed by atoms with Crippen molar-refractivity contribution in [3.8, 4) is 5.69 Å². The predicted molar refractivity (Wildman–Crippen MR) is 124 cm³/mol. The molecule has 3 N–H and O–H groups in total. The molecule has 0 fully saturated rings. The van der Waals surface area contributed by atoms with Crippen LogP contribution in [0.4, 0.5) is 5.95 Å². The van der Waals surface area contributed by atoms with E-state index in [0.717, 1.165) is 15.7 Å². The number of hydrogen-bond acceptors (Lipinski definition) is 5. The molecule has 30 heavy (non-hydrogen) atoms. The monoisotopic (exact) mass is 492 g/mol. The zero-order valence-electron chi connectivity index (χ0n) is 17.0.